The Bertz CT molecular complexity index is 972. The molecule has 0 unspecified atom stereocenters. The molecular formula is C22H21FN2O4. The predicted octanol–water partition coefficient (Wildman–Crippen LogP) is 3.64. The van der Waals surface area contributed by atoms with E-state index in [-0.39, 0.29) is 31.0 Å². The number of amides is 2. The van der Waals surface area contributed by atoms with E-state index in [0.29, 0.717) is 17.2 Å². The van der Waals surface area contributed by atoms with E-state index >= 15 is 0 Å². The molecule has 1 N–H and O–H groups in total. The van der Waals surface area contributed by atoms with Crippen LogP contribution in [0.1, 0.15) is 11.3 Å². The Kier molecular flexibility index (Phi) is 6.63. The third-order valence-corrected chi connectivity index (χ3v) is 4.29. The van der Waals surface area contributed by atoms with Crippen molar-refractivity contribution >= 4 is 17.5 Å². The lowest BCUT2D eigenvalue weighted by atomic mass is 10.1. The summed E-state index contributed by atoms with van der Waals surface area (Å²) in [5, 5.41) is 2.74. The summed E-state index contributed by atoms with van der Waals surface area (Å²) in [4.78, 5) is 26.7. The van der Waals surface area contributed by atoms with Crippen LogP contribution in [0.25, 0.3) is 0 Å². The van der Waals surface area contributed by atoms with Gasteiger partial charge in [-0.1, -0.05) is 30.3 Å². The van der Waals surface area contributed by atoms with E-state index < -0.39 is 11.7 Å². The monoisotopic (exact) mass is 396 g/mol. The molecule has 0 saturated heterocycles. The van der Waals surface area contributed by atoms with Crippen molar-refractivity contribution in [3.63, 3.8) is 0 Å². The maximum Gasteiger partial charge on any atom is 0.244 e. The number of methoxy groups -OCH3 is 1. The first-order valence-electron chi connectivity index (χ1n) is 9.03. The number of para-hydroxylation sites is 2. The van der Waals surface area contributed by atoms with Crippen LogP contribution in [0.2, 0.25) is 0 Å². The van der Waals surface area contributed by atoms with E-state index in [9.17, 15) is 14.0 Å². The average Bonchev–Trinajstić information content (AvgIpc) is 3.23. The van der Waals surface area contributed by atoms with Crippen LogP contribution in [-0.4, -0.2) is 30.4 Å². The fraction of sp³-hybridized carbons (Fsp3) is 0.182. The third-order valence-electron chi connectivity index (χ3n) is 4.29. The molecule has 0 aliphatic carbocycles. The van der Waals surface area contributed by atoms with Gasteiger partial charge in [0.25, 0.3) is 0 Å². The van der Waals surface area contributed by atoms with Crippen LogP contribution in [0.15, 0.2) is 71.3 Å². The lowest BCUT2D eigenvalue weighted by molar-refractivity contribution is -0.135. The molecule has 0 saturated carbocycles. The highest BCUT2D eigenvalue weighted by Gasteiger charge is 2.21. The minimum atomic E-state index is -0.461. The van der Waals surface area contributed by atoms with E-state index in [0.717, 1.165) is 0 Å². The molecule has 0 aliphatic heterocycles. The van der Waals surface area contributed by atoms with Crippen molar-refractivity contribution in [1.29, 1.82) is 0 Å². The standard InChI is InChI=1S/C22H21FN2O4/c1-28-20-11-5-4-10-19(20)24-21(26)15-25(14-17-8-6-12-29-17)22(27)13-16-7-2-3-9-18(16)23/h2-12H,13-15H2,1H3,(H,24,26). The second-order valence-corrected chi connectivity index (χ2v) is 6.35. The molecule has 7 heteroatoms. The van der Waals surface area contributed by atoms with Crippen LogP contribution in [0, 0.1) is 5.82 Å². The first-order chi connectivity index (χ1) is 14.1. The quantitative estimate of drug-likeness (QED) is 0.631. The Labute approximate surface area is 167 Å². The van der Waals surface area contributed by atoms with Crippen molar-refractivity contribution in [2.45, 2.75) is 13.0 Å². The van der Waals surface area contributed by atoms with E-state index in [1.165, 1.54) is 24.3 Å². The first-order valence-corrected chi connectivity index (χ1v) is 9.03. The highest BCUT2D eigenvalue weighted by molar-refractivity contribution is 5.95. The first kappa shape index (κ1) is 20.1. The zero-order valence-electron chi connectivity index (χ0n) is 15.9. The summed E-state index contributed by atoms with van der Waals surface area (Å²) in [5.74, 6) is -0.213. The number of nitrogens with zero attached hydrogens (tertiary/aromatic N) is 1. The van der Waals surface area contributed by atoms with Gasteiger partial charge in [-0.2, -0.15) is 0 Å². The number of carbonyl (C=O) groups is 2. The zero-order valence-corrected chi connectivity index (χ0v) is 15.9. The number of carbonyl (C=O) groups excluding carboxylic acids is 2. The molecule has 1 heterocycles. The van der Waals surface area contributed by atoms with Gasteiger partial charge in [0.1, 0.15) is 23.9 Å². The molecule has 2 amide bonds. The van der Waals surface area contributed by atoms with Crippen molar-refractivity contribution in [1.82, 2.24) is 4.90 Å². The smallest absolute Gasteiger partial charge is 0.244 e. The summed E-state index contributed by atoms with van der Waals surface area (Å²) < 4.78 is 24.5. The molecule has 0 atom stereocenters. The highest BCUT2D eigenvalue weighted by atomic mass is 19.1. The number of halogens is 1. The Balaban J connectivity index is 1.73. The summed E-state index contributed by atoms with van der Waals surface area (Å²) in [6.45, 7) is -0.119. The average molecular weight is 396 g/mol. The van der Waals surface area contributed by atoms with Gasteiger partial charge in [-0.05, 0) is 35.9 Å². The van der Waals surface area contributed by atoms with Crippen molar-refractivity contribution in [3.05, 3.63) is 84.1 Å². The van der Waals surface area contributed by atoms with Crippen molar-refractivity contribution in [2.75, 3.05) is 19.0 Å². The number of nitrogens with one attached hydrogen (secondary N) is 1. The van der Waals surface area contributed by atoms with Gasteiger partial charge < -0.3 is 19.4 Å². The second kappa shape index (κ2) is 9.54. The SMILES string of the molecule is COc1ccccc1NC(=O)CN(Cc1ccco1)C(=O)Cc1ccccc1F. The normalized spacial score (nSPS) is 10.4. The van der Waals surface area contributed by atoms with Crippen LogP contribution in [0.4, 0.5) is 10.1 Å². The van der Waals surface area contributed by atoms with E-state index in [1.54, 1.807) is 54.6 Å². The number of ether oxygens (including phenoxy) is 1. The number of anilines is 1. The molecule has 29 heavy (non-hydrogen) atoms. The van der Waals surface area contributed by atoms with Gasteiger partial charge in [0.15, 0.2) is 0 Å². The molecule has 150 valence electrons. The summed E-state index contributed by atoms with van der Waals surface area (Å²) in [6.07, 6.45) is 1.33. The van der Waals surface area contributed by atoms with Gasteiger partial charge in [-0.15, -0.1) is 0 Å². The largest absolute Gasteiger partial charge is 0.495 e. The topological polar surface area (TPSA) is 71.8 Å². The van der Waals surface area contributed by atoms with Gasteiger partial charge in [0, 0.05) is 0 Å². The molecule has 1 aromatic heterocycles. The second-order valence-electron chi connectivity index (χ2n) is 6.35. The van der Waals surface area contributed by atoms with Crippen molar-refractivity contribution < 1.29 is 23.1 Å². The van der Waals surface area contributed by atoms with Crippen molar-refractivity contribution in [3.8, 4) is 5.75 Å². The summed E-state index contributed by atoms with van der Waals surface area (Å²) in [7, 11) is 1.51. The van der Waals surface area contributed by atoms with Gasteiger partial charge >= 0.3 is 0 Å². The van der Waals surface area contributed by atoms with Gasteiger partial charge in [0.05, 0.1) is 32.0 Å². The van der Waals surface area contributed by atoms with Crippen molar-refractivity contribution in [2.24, 2.45) is 0 Å². The summed E-state index contributed by atoms with van der Waals surface area (Å²) in [6, 6.07) is 16.5. The lowest BCUT2D eigenvalue weighted by Crippen LogP contribution is -2.38. The third kappa shape index (κ3) is 5.44. The van der Waals surface area contributed by atoms with Crippen LogP contribution in [0.5, 0.6) is 5.75 Å². The number of hydrogen-bond acceptors (Lipinski definition) is 4. The zero-order chi connectivity index (χ0) is 20.6. The minimum Gasteiger partial charge on any atom is -0.495 e. The van der Waals surface area contributed by atoms with E-state index in [1.807, 2.05) is 0 Å². The number of rotatable bonds is 8. The summed E-state index contributed by atoms with van der Waals surface area (Å²) in [5.41, 5.74) is 0.770. The van der Waals surface area contributed by atoms with Gasteiger partial charge in [-0.3, -0.25) is 9.59 Å². The molecule has 0 bridgehead atoms. The molecular weight excluding hydrogens is 375 g/mol. The Morgan fingerprint density at radius 1 is 1.07 bits per heavy atom. The molecule has 6 nitrogen and oxygen atoms in total. The van der Waals surface area contributed by atoms with Crippen LogP contribution in [-0.2, 0) is 22.6 Å². The molecule has 3 rings (SSSR count). The molecule has 2 aromatic carbocycles. The number of hydrogen-bond donors (Lipinski definition) is 1. The lowest BCUT2D eigenvalue weighted by Gasteiger charge is -2.22. The number of furan rings is 1. The fourth-order valence-electron chi connectivity index (χ4n) is 2.85. The Morgan fingerprint density at radius 2 is 1.83 bits per heavy atom. The molecule has 0 radical (unpaired) electrons. The predicted molar refractivity (Wildman–Crippen MR) is 106 cm³/mol. The Hall–Kier alpha value is -3.61. The number of benzene rings is 2. The molecule has 0 aliphatic rings. The van der Waals surface area contributed by atoms with Gasteiger partial charge in [-0.25, -0.2) is 4.39 Å². The van der Waals surface area contributed by atoms with Crippen LogP contribution in [0.3, 0.4) is 0 Å². The molecule has 0 fully saturated rings. The molecule has 0 spiro atoms. The van der Waals surface area contributed by atoms with Gasteiger partial charge in [0.2, 0.25) is 11.8 Å². The minimum absolute atomic E-state index is 0.0969. The van der Waals surface area contributed by atoms with Crippen LogP contribution < -0.4 is 10.1 Å². The molecule has 3 aromatic rings. The Morgan fingerprint density at radius 3 is 2.55 bits per heavy atom. The van der Waals surface area contributed by atoms with E-state index in [2.05, 4.69) is 5.32 Å². The van der Waals surface area contributed by atoms with Crippen LogP contribution >= 0.6 is 0 Å². The maximum atomic E-state index is 13.9. The maximum absolute atomic E-state index is 13.9. The highest BCUT2D eigenvalue weighted by Crippen LogP contribution is 2.23. The summed E-state index contributed by atoms with van der Waals surface area (Å²) >= 11 is 0. The van der Waals surface area contributed by atoms with E-state index in [4.69, 9.17) is 9.15 Å². The fourth-order valence-corrected chi connectivity index (χ4v) is 2.85.